The number of hydrogen-bond acceptors (Lipinski definition) is 6. The Bertz CT molecular complexity index is 745. The van der Waals surface area contributed by atoms with Crippen LogP contribution in [-0.2, 0) is 4.79 Å². The van der Waals surface area contributed by atoms with Gasteiger partial charge in [0.05, 0.1) is 25.8 Å². The SMILES string of the molecule is CCOc1ccc(OCCNC(=O)COc2ccc(OC)cc2C=O)cc1. The summed E-state index contributed by atoms with van der Waals surface area (Å²) in [4.78, 5) is 22.9. The molecule has 7 nitrogen and oxygen atoms in total. The summed E-state index contributed by atoms with van der Waals surface area (Å²) < 4.78 is 21.3. The lowest BCUT2D eigenvalue weighted by atomic mass is 10.2. The van der Waals surface area contributed by atoms with Crippen LogP contribution in [0.2, 0.25) is 0 Å². The molecule has 0 spiro atoms. The third-order valence-corrected chi connectivity index (χ3v) is 3.53. The van der Waals surface area contributed by atoms with Gasteiger partial charge in [-0.3, -0.25) is 9.59 Å². The Labute approximate surface area is 158 Å². The second-order valence-electron chi connectivity index (χ2n) is 5.41. The van der Waals surface area contributed by atoms with E-state index in [-0.39, 0.29) is 12.5 Å². The summed E-state index contributed by atoms with van der Waals surface area (Å²) in [5.74, 6) is 2.03. The molecule has 27 heavy (non-hydrogen) atoms. The van der Waals surface area contributed by atoms with Crippen molar-refractivity contribution in [1.29, 1.82) is 0 Å². The van der Waals surface area contributed by atoms with Crippen molar-refractivity contribution < 1.29 is 28.5 Å². The minimum absolute atomic E-state index is 0.198. The van der Waals surface area contributed by atoms with Crippen LogP contribution in [0.25, 0.3) is 0 Å². The number of benzene rings is 2. The van der Waals surface area contributed by atoms with E-state index in [0.717, 1.165) is 5.75 Å². The number of carbonyl (C=O) groups is 2. The molecule has 0 saturated carbocycles. The molecule has 2 aromatic rings. The normalized spacial score (nSPS) is 10.0. The number of methoxy groups -OCH3 is 1. The zero-order valence-electron chi connectivity index (χ0n) is 15.4. The Morgan fingerprint density at radius 3 is 2.30 bits per heavy atom. The maximum Gasteiger partial charge on any atom is 0.258 e. The van der Waals surface area contributed by atoms with E-state index in [1.54, 1.807) is 30.3 Å². The van der Waals surface area contributed by atoms with Crippen LogP contribution in [0.1, 0.15) is 17.3 Å². The van der Waals surface area contributed by atoms with Gasteiger partial charge in [-0.15, -0.1) is 0 Å². The maximum atomic E-state index is 11.8. The fourth-order valence-corrected chi connectivity index (χ4v) is 2.23. The number of aldehydes is 1. The number of hydrogen-bond donors (Lipinski definition) is 1. The molecule has 0 radical (unpaired) electrons. The topological polar surface area (TPSA) is 83.1 Å². The average molecular weight is 373 g/mol. The molecule has 0 aliphatic rings. The van der Waals surface area contributed by atoms with Crippen LogP contribution < -0.4 is 24.3 Å². The predicted octanol–water partition coefficient (Wildman–Crippen LogP) is 2.48. The van der Waals surface area contributed by atoms with Gasteiger partial charge in [-0.2, -0.15) is 0 Å². The second kappa shape index (κ2) is 10.7. The van der Waals surface area contributed by atoms with Crippen molar-refractivity contribution in [2.24, 2.45) is 0 Å². The van der Waals surface area contributed by atoms with Crippen LogP contribution in [0.5, 0.6) is 23.0 Å². The van der Waals surface area contributed by atoms with Crippen LogP contribution in [-0.4, -0.2) is 45.7 Å². The number of rotatable bonds is 11. The molecule has 0 aliphatic heterocycles. The van der Waals surface area contributed by atoms with E-state index in [0.29, 0.717) is 48.9 Å². The van der Waals surface area contributed by atoms with E-state index in [4.69, 9.17) is 18.9 Å². The van der Waals surface area contributed by atoms with Gasteiger partial charge in [0, 0.05) is 0 Å². The highest BCUT2D eigenvalue weighted by atomic mass is 16.5. The average Bonchev–Trinajstić information content (AvgIpc) is 2.71. The summed E-state index contributed by atoms with van der Waals surface area (Å²) >= 11 is 0. The number of carbonyl (C=O) groups excluding carboxylic acids is 2. The summed E-state index contributed by atoms with van der Waals surface area (Å²) in [6.07, 6.45) is 0.653. The largest absolute Gasteiger partial charge is 0.497 e. The first kappa shape index (κ1) is 20.1. The van der Waals surface area contributed by atoms with E-state index in [2.05, 4.69) is 5.32 Å². The van der Waals surface area contributed by atoms with E-state index in [1.807, 2.05) is 19.1 Å². The van der Waals surface area contributed by atoms with Gasteiger partial charge in [-0.25, -0.2) is 0 Å². The van der Waals surface area contributed by atoms with E-state index < -0.39 is 0 Å². The summed E-state index contributed by atoms with van der Waals surface area (Å²) in [6, 6.07) is 12.1. The minimum Gasteiger partial charge on any atom is -0.497 e. The Kier molecular flexibility index (Phi) is 7.96. The molecule has 144 valence electrons. The number of ether oxygens (including phenoxy) is 4. The van der Waals surface area contributed by atoms with Crippen LogP contribution in [0.4, 0.5) is 0 Å². The lowest BCUT2D eigenvalue weighted by molar-refractivity contribution is -0.123. The van der Waals surface area contributed by atoms with Crippen LogP contribution in [0.3, 0.4) is 0 Å². The van der Waals surface area contributed by atoms with Gasteiger partial charge in [0.1, 0.15) is 29.6 Å². The van der Waals surface area contributed by atoms with Crippen molar-refractivity contribution in [1.82, 2.24) is 5.32 Å². The van der Waals surface area contributed by atoms with Crippen LogP contribution >= 0.6 is 0 Å². The molecule has 7 heteroatoms. The zero-order chi connectivity index (χ0) is 19.5. The van der Waals surface area contributed by atoms with Gasteiger partial charge in [0.25, 0.3) is 5.91 Å². The molecule has 0 aliphatic carbocycles. The lowest BCUT2D eigenvalue weighted by Gasteiger charge is -2.11. The highest BCUT2D eigenvalue weighted by molar-refractivity contribution is 5.81. The highest BCUT2D eigenvalue weighted by Crippen LogP contribution is 2.22. The van der Waals surface area contributed by atoms with Crippen molar-refractivity contribution >= 4 is 12.2 Å². The smallest absolute Gasteiger partial charge is 0.258 e. The van der Waals surface area contributed by atoms with Crippen molar-refractivity contribution in [3.05, 3.63) is 48.0 Å². The monoisotopic (exact) mass is 373 g/mol. The first-order chi connectivity index (χ1) is 13.2. The molecule has 0 unspecified atom stereocenters. The molecule has 1 amide bonds. The Hall–Kier alpha value is -3.22. The lowest BCUT2D eigenvalue weighted by Crippen LogP contribution is -2.32. The summed E-state index contributed by atoms with van der Waals surface area (Å²) in [5.41, 5.74) is 0.320. The first-order valence-electron chi connectivity index (χ1n) is 8.54. The standard InChI is InChI=1S/C20H23NO6/c1-3-25-16-4-6-17(7-5-16)26-11-10-21-20(23)14-27-19-9-8-18(24-2)12-15(19)13-22/h4-9,12-13H,3,10-11,14H2,1-2H3,(H,21,23). The van der Waals surface area contributed by atoms with Crippen molar-refractivity contribution in [3.63, 3.8) is 0 Å². The molecule has 1 N–H and O–H groups in total. The highest BCUT2D eigenvalue weighted by Gasteiger charge is 2.08. The fraction of sp³-hybridized carbons (Fsp3) is 0.300. The van der Waals surface area contributed by atoms with Gasteiger partial charge in [-0.05, 0) is 49.4 Å². The summed E-state index contributed by atoms with van der Waals surface area (Å²) in [7, 11) is 1.51. The maximum absolute atomic E-state index is 11.8. The van der Waals surface area contributed by atoms with Gasteiger partial charge in [0.15, 0.2) is 12.9 Å². The predicted molar refractivity (Wildman–Crippen MR) is 100.0 cm³/mol. The molecule has 0 atom stereocenters. The van der Waals surface area contributed by atoms with Crippen molar-refractivity contribution in [2.75, 3.05) is 33.5 Å². The van der Waals surface area contributed by atoms with Crippen molar-refractivity contribution in [3.8, 4) is 23.0 Å². The summed E-state index contributed by atoms with van der Waals surface area (Å²) in [5, 5.41) is 2.69. The molecule has 0 fully saturated rings. The Morgan fingerprint density at radius 2 is 1.67 bits per heavy atom. The van der Waals surface area contributed by atoms with E-state index in [1.165, 1.54) is 7.11 Å². The zero-order valence-corrected chi connectivity index (χ0v) is 15.4. The minimum atomic E-state index is -0.307. The third-order valence-electron chi connectivity index (χ3n) is 3.53. The Balaban J connectivity index is 1.70. The molecular weight excluding hydrogens is 350 g/mol. The molecule has 0 bridgehead atoms. The van der Waals surface area contributed by atoms with Gasteiger partial charge < -0.3 is 24.3 Å². The number of nitrogens with one attached hydrogen (secondary N) is 1. The molecule has 2 rings (SSSR count). The van der Waals surface area contributed by atoms with E-state index >= 15 is 0 Å². The Morgan fingerprint density at radius 1 is 1.00 bits per heavy atom. The van der Waals surface area contributed by atoms with Crippen molar-refractivity contribution in [2.45, 2.75) is 6.92 Å². The molecule has 2 aromatic carbocycles. The second-order valence-corrected chi connectivity index (χ2v) is 5.41. The van der Waals surface area contributed by atoms with Gasteiger partial charge in [0.2, 0.25) is 0 Å². The quantitative estimate of drug-likeness (QED) is 0.481. The van der Waals surface area contributed by atoms with E-state index in [9.17, 15) is 9.59 Å². The third kappa shape index (κ3) is 6.54. The van der Waals surface area contributed by atoms with Crippen LogP contribution in [0, 0.1) is 0 Å². The summed E-state index contributed by atoms with van der Waals surface area (Å²) in [6.45, 7) is 2.99. The van der Waals surface area contributed by atoms with Gasteiger partial charge in [-0.1, -0.05) is 0 Å². The fourth-order valence-electron chi connectivity index (χ4n) is 2.23. The van der Waals surface area contributed by atoms with Gasteiger partial charge >= 0.3 is 0 Å². The molecule has 0 aromatic heterocycles. The molecule has 0 saturated heterocycles. The molecular formula is C20H23NO6. The molecule has 0 heterocycles. The first-order valence-corrected chi connectivity index (χ1v) is 8.54. The number of amides is 1. The van der Waals surface area contributed by atoms with Crippen LogP contribution in [0.15, 0.2) is 42.5 Å².